The standard InChI is InChI=1S/C20H22N2O5/c23-17-3-1-2-15(12-17)13-21-8-10-22(11-9-21)20(26)16-4-6-18(7-5-16)27-14-19(24)25/h1-7,12,23H,8-11,13-14H2,(H,24,25). The number of phenolic OH excluding ortho intramolecular Hbond substituents is 1. The third kappa shape index (κ3) is 5.21. The first kappa shape index (κ1) is 18.7. The molecule has 2 N–H and O–H groups in total. The Balaban J connectivity index is 1.51. The molecule has 0 atom stereocenters. The lowest BCUT2D eigenvalue weighted by molar-refractivity contribution is -0.139. The Hall–Kier alpha value is -3.06. The largest absolute Gasteiger partial charge is 0.508 e. The van der Waals surface area contributed by atoms with E-state index in [1.807, 2.05) is 17.0 Å². The molecule has 1 heterocycles. The number of carboxylic acids is 1. The van der Waals surface area contributed by atoms with E-state index in [4.69, 9.17) is 9.84 Å². The fraction of sp³-hybridized carbons (Fsp3) is 0.300. The number of aliphatic carboxylic acids is 1. The lowest BCUT2D eigenvalue weighted by Gasteiger charge is -2.34. The summed E-state index contributed by atoms with van der Waals surface area (Å²) in [7, 11) is 0. The average Bonchev–Trinajstić information content (AvgIpc) is 2.67. The van der Waals surface area contributed by atoms with Gasteiger partial charge in [-0.05, 0) is 42.0 Å². The molecule has 3 rings (SSSR count). The quantitative estimate of drug-likeness (QED) is 0.806. The molecule has 7 heteroatoms. The molecule has 2 aromatic rings. The van der Waals surface area contributed by atoms with Gasteiger partial charge >= 0.3 is 5.97 Å². The van der Waals surface area contributed by atoms with Crippen molar-refractivity contribution >= 4 is 11.9 Å². The summed E-state index contributed by atoms with van der Waals surface area (Å²) in [6, 6.07) is 13.7. The Bertz CT molecular complexity index is 798. The number of carbonyl (C=O) groups is 2. The highest BCUT2D eigenvalue weighted by atomic mass is 16.5. The third-order valence-electron chi connectivity index (χ3n) is 4.44. The fourth-order valence-corrected chi connectivity index (χ4v) is 3.04. The minimum Gasteiger partial charge on any atom is -0.508 e. The van der Waals surface area contributed by atoms with Crippen LogP contribution in [0.3, 0.4) is 0 Å². The van der Waals surface area contributed by atoms with Crippen molar-refractivity contribution in [1.82, 2.24) is 9.80 Å². The van der Waals surface area contributed by atoms with Gasteiger partial charge in [0.05, 0.1) is 0 Å². The molecular weight excluding hydrogens is 348 g/mol. The van der Waals surface area contributed by atoms with E-state index in [2.05, 4.69) is 4.90 Å². The minimum absolute atomic E-state index is 0.0446. The van der Waals surface area contributed by atoms with Crippen LogP contribution in [0.4, 0.5) is 0 Å². The first-order chi connectivity index (χ1) is 13.0. The molecule has 0 unspecified atom stereocenters. The van der Waals surface area contributed by atoms with Crippen LogP contribution in [-0.2, 0) is 11.3 Å². The van der Waals surface area contributed by atoms with Gasteiger partial charge in [0.15, 0.2) is 6.61 Å². The molecule has 1 saturated heterocycles. The van der Waals surface area contributed by atoms with Crippen LogP contribution in [0.15, 0.2) is 48.5 Å². The highest BCUT2D eigenvalue weighted by molar-refractivity contribution is 5.94. The van der Waals surface area contributed by atoms with Crippen molar-refractivity contribution in [3.8, 4) is 11.5 Å². The predicted molar refractivity (Wildman–Crippen MR) is 98.9 cm³/mol. The molecule has 1 aliphatic rings. The van der Waals surface area contributed by atoms with Crippen molar-refractivity contribution < 1.29 is 24.5 Å². The van der Waals surface area contributed by atoms with Crippen molar-refractivity contribution in [3.63, 3.8) is 0 Å². The topological polar surface area (TPSA) is 90.3 Å². The SMILES string of the molecule is O=C(O)COc1ccc(C(=O)N2CCN(Cc3cccc(O)c3)CC2)cc1. The summed E-state index contributed by atoms with van der Waals surface area (Å²) >= 11 is 0. The molecule has 1 aliphatic heterocycles. The molecule has 142 valence electrons. The van der Waals surface area contributed by atoms with Crippen LogP contribution >= 0.6 is 0 Å². The Morgan fingerprint density at radius 2 is 1.70 bits per heavy atom. The molecule has 2 aromatic carbocycles. The number of nitrogens with zero attached hydrogens (tertiary/aromatic N) is 2. The number of carboxylic acid groups (broad SMARTS) is 1. The van der Waals surface area contributed by atoms with Gasteiger partial charge in [-0.15, -0.1) is 0 Å². The molecule has 27 heavy (non-hydrogen) atoms. The van der Waals surface area contributed by atoms with Gasteiger partial charge in [0.25, 0.3) is 5.91 Å². The summed E-state index contributed by atoms with van der Waals surface area (Å²) < 4.78 is 5.08. The van der Waals surface area contributed by atoms with E-state index < -0.39 is 12.6 Å². The summed E-state index contributed by atoms with van der Waals surface area (Å²) in [5.41, 5.74) is 1.60. The Labute approximate surface area is 157 Å². The van der Waals surface area contributed by atoms with Crippen LogP contribution < -0.4 is 4.74 Å². The number of hydrogen-bond acceptors (Lipinski definition) is 5. The van der Waals surface area contributed by atoms with Gasteiger partial charge in [0, 0.05) is 38.3 Å². The third-order valence-corrected chi connectivity index (χ3v) is 4.44. The molecule has 0 bridgehead atoms. The number of carbonyl (C=O) groups excluding carboxylic acids is 1. The Morgan fingerprint density at radius 3 is 2.33 bits per heavy atom. The van der Waals surface area contributed by atoms with Crippen LogP contribution in [0.1, 0.15) is 15.9 Å². The number of phenols is 1. The van der Waals surface area contributed by atoms with Crippen LogP contribution in [0, 0.1) is 0 Å². The predicted octanol–water partition coefficient (Wildman–Crippen LogP) is 1.81. The van der Waals surface area contributed by atoms with Gasteiger partial charge in [-0.2, -0.15) is 0 Å². The highest BCUT2D eigenvalue weighted by Gasteiger charge is 2.22. The number of piperazine rings is 1. The van der Waals surface area contributed by atoms with Gasteiger partial charge in [-0.25, -0.2) is 4.79 Å². The number of aromatic hydroxyl groups is 1. The second-order valence-corrected chi connectivity index (χ2v) is 6.45. The van der Waals surface area contributed by atoms with Gasteiger partial charge in [-0.1, -0.05) is 12.1 Å². The van der Waals surface area contributed by atoms with Crippen LogP contribution in [0.2, 0.25) is 0 Å². The van der Waals surface area contributed by atoms with Crippen molar-refractivity contribution in [2.24, 2.45) is 0 Å². The van der Waals surface area contributed by atoms with Gasteiger partial charge < -0.3 is 19.8 Å². The Kier molecular flexibility index (Phi) is 5.93. The lowest BCUT2D eigenvalue weighted by Crippen LogP contribution is -2.48. The summed E-state index contributed by atoms with van der Waals surface area (Å²) in [5.74, 6) is -0.405. The number of ether oxygens (including phenoxy) is 1. The van der Waals surface area contributed by atoms with Crippen molar-refractivity contribution in [2.75, 3.05) is 32.8 Å². The normalized spacial score (nSPS) is 14.7. The number of benzene rings is 2. The van der Waals surface area contributed by atoms with Crippen molar-refractivity contribution in [1.29, 1.82) is 0 Å². The zero-order chi connectivity index (χ0) is 19.2. The molecular formula is C20H22N2O5. The summed E-state index contributed by atoms with van der Waals surface area (Å²) in [6.07, 6.45) is 0. The van der Waals surface area contributed by atoms with E-state index in [1.165, 1.54) is 0 Å². The maximum absolute atomic E-state index is 12.6. The summed E-state index contributed by atoms with van der Waals surface area (Å²) in [5, 5.41) is 18.2. The first-order valence-corrected chi connectivity index (χ1v) is 8.75. The van der Waals surface area contributed by atoms with E-state index in [1.54, 1.807) is 36.4 Å². The molecule has 0 aromatic heterocycles. The molecule has 0 saturated carbocycles. The summed E-state index contributed by atoms with van der Waals surface area (Å²) in [6.45, 7) is 3.13. The molecule has 0 radical (unpaired) electrons. The Morgan fingerprint density at radius 1 is 1.00 bits per heavy atom. The lowest BCUT2D eigenvalue weighted by atomic mass is 10.1. The molecule has 7 nitrogen and oxygen atoms in total. The van der Waals surface area contributed by atoms with Gasteiger partial charge in [0.2, 0.25) is 0 Å². The van der Waals surface area contributed by atoms with Crippen LogP contribution in [-0.4, -0.2) is 64.7 Å². The number of rotatable bonds is 6. The van der Waals surface area contributed by atoms with E-state index in [0.29, 0.717) is 24.4 Å². The number of amides is 1. The van der Waals surface area contributed by atoms with E-state index in [9.17, 15) is 14.7 Å². The average molecular weight is 370 g/mol. The van der Waals surface area contributed by atoms with Gasteiger partial charge in [-0.3, -0.25) is 9.69 Å². The van der Waals surface area contributed by atoms with Gasteiger partial charge in [0.1, 0.15) is 11.5 Å². The number of hydrogen-bond donors (Lipinski definition) is 2. The second-order valence-electron chi connectivity index (χ2n) is 6.45. The van der Waals surface area contributed by atoms with E-state index in [0.717, 1.165) is 25.2 Å². The highest BCUT2D eigenvalue weighted by Crippen LogP contribution is 2.17. The molecule has 0 aliphatic carbocycles. The maximum atomic E-state index is 12.6. The van der Waals surface area contributed by atoms with Crippen LogP contribution in [0.25, 0.3) is 0 Å². The van der Waals surface area contributed by atoms with E-state index in [-0.39, 0.29) is 11.7 Å². The minimum atomic E-state index is -1.04. The summed E-state index contributed by atoms with van der Waals surface area (Å²) in [4.78, 5) is 27.2. The molecule has 0 spiro atoms. The zero-order valence-electron chi connectivity index (χ0n) is 14.9. The first-order valence-electron chi connectivity index (χ1n) is 8.75. The zero-order valence-corrected chi connectivity index (χ0v) is 14.9. The molecule has 1 amide bonds. The maximum Gasteiger partial charge on any atom is 0.341 e. The smallest absolute Gasteiger partial charge is 0.341 e. The van der Waals surface area contributed by atoms with E-state index >= 15 is 0 Å². The van der Waals surface area contributed by atoms with Crippen molar-refractivity contribution in [2.45, 2.75) is 6.54 Å². The van der Waals surface area contributed by atoms with Crippen LogP contribution in [0.5, 0.6) is 11.5 Å². The fourth-order valence-electron chi connectivity index (χ4n) is 3.04. The monoisotopic (exact) mass is 370 g/mol. The second kappa shape index (κ2) is 8.55. The molecule has 1 fully saturated rings. The van der Waals surface area contributed by atoms with Crippen molar-refractivity contribution in [3.05, 3.63) is 59.7 Å².